The van der Waals surface area contributed by atoms with E-state index in [-0.39, 0.29) is 43.5 Å². The Hall–Kier alpha value is -3.27. The molecule has 0 spiro atoms. The average molecular weight is 795 g/mol. The second-order valence-corrected chi connectivity index (χ2v) is 12.9. The predicted octanol–water partition coefficient (Wildman–Crippen LogP) is 11.7. The van der Waals surface area contributed by atoms with Crippen molar-refractivity contribution in [2.45, 2.75) is 92.4 Å². The first-order valence-electron chi connectivity index (χ1n) is 16.9. The van der Waals surface area contributed by atoms with Crippen molar-refractivity contribution in [3.63, 3.8) is 0 Å². The number of allylic oxidation sites excluding steroid dienone is 2. The number of carbonyl (C=O) groups is 1. The van der Waals surface area contributed by atoms with E-state index in [2.05, 4.69) is 62.4 Å². The van der Waals surface area contributed by atoms with Crippen molar-refractivity contribution in [2.24, 2.45) is 17.8 Å². The number of hydrogen-bond donors (Lipinski definition) is 1. The molecule has 2 aromatic heterocycles. The molecule has 5 aromatic rings. The van der Waals surface area contributed by atoms with Gasteiger partial charge in [0.1, 0.15) is 5.58 Å². The summed E-state index contributed by atoms with van der Waals surface area (Å²) in [6, 6.07) is 23.0. The molecule has 1 aliphatic rings. The summed E-state index contributed by atoms with van der Waals surface area (Å²) < 4.78 is 6.29. The molecule has 1 radical (unpaired) electrons. The van der Waals surface area contributed by atoms with Gasteiger partial charge >= 0.3 is 0 Å². The minimum Gasteiger partial charge on any atom is -0.512 e. The van der Waals surface area contributed by atoms with E-state index < -0.39 is 0 Å². The van der Waals surface area contributed by atoms with Gasteiger partial charge in [0, 0.05) is 49.6 Å². The number of hydrogen-bond acceptors (Lipinski definition) is 4. The van der Waals surface area contributed by atoms with Gasteiger partial charge in [0.25, 0.3) is 0 Å². The number of ketones is 1. The van der Waals surface area contributed by atoms with Crippen LogP contribution < -0.4 is 0 Å². The van der Waals surface area contributed by atoms with E-state index >= 15 is 0 Å². The minimum absolute atomic E-state index is 0. The number of rotatable bonds is 9. The first kappa shape index (κ1) is 35.6. The Kier molecular flexibility index (Phi) is 12.4. The summed E-state index contributed by atoms with van der Waals surface area (Å²) in [6.07, 6.45) is 10.8. The van der Waals surface area contributed by atoms with E-state index in [1.807, 2.05) is 46.0 Å². The van der Waals surface area contributed by atoms with E-state index in [0.717, 1.165) is 75.7 Å². The van der Waals surface area contributed by atoms with Crippen LogP contribution in [0.4, 0.5) is 0 Å². The number of carbonyl (C=O) groups excluding carboxylic acids is 1. The summed E-state index contributed by atoms with van der Waals surface area (Å²) in [5, 5.41) is 14.4. The van der Waals surface area contributed by atoms with E-state index in [4.69, 9.17) is 9.40 Å². The molecule has 0 amide bonds. The third kappa shape index (κ3) is 7.64. The molecule has 2 atom stereocenters. The van der Waals surface area contributed by atoms with Gasteiger partial charge in [-0.15, -0.1) is 17.7 Å². The van der Waals surface area contributed by atoms with Crippen LogP contribution in [-0.2, 0) is 24.9 Å². The van der Waals surface area contributed by atoms with Crippen LogP contribution in [0.25, 0.3) is 44.0 Å². The summed E-state index contributed by atoms with van der Waals surface area (Å²) >= 11 is 0. The van der Waals surface area contributed by atoms with Crippen molar-refractivity contribution in [1.82, 2.24) is 4.98 Å². The fourth-order valence-electron chi connectivity index (χ4n) is 7.01. The number of fused-ring (bicyclic) bond motifs is 4. The van der Waals surface area contributed by atoms with Crippen molar-refractivity contribution in [3.05, 3.63) is 89.8 Å². The summed E-state index contributed by atoms with van der Waals surface area (Å²) in [5.41, 5.74) is 6.24. The molecule has 1 fully saturated rings. The summed E-state index contributed by atoms with van der Waals surface area (Å²) in [7, 11) is 0. The van der Waals surface area contributed by atoms with Crippen molar-refractivity contribution in [3.8, 4) is 11.3 Å². The number of aliphatic hydroxyl groups is 1. The van der Waals surface area contributed by atoms with Crippen molar-refractivity contribution >= 4 is 38.5 Å². The van der Waals surface area contributed by atoms with Crippen LogP contribution in [0.2, 0.25) is 0 Å². The second kappa shape index (κ2) is 16.0. The zero-order valence-electron chi connectivity index (χ0n) is 28.2. The normalized spacial score (nSPS) is 16.7. The maximum atomic E-state index is 11.7. The fraction of sp³-hybridized carbons (Fsp3) is 0.415. The van der Waals surface area contributed by atoms with Gasteiger partial charge in [-0.1, -0.05) is 95.3 Å². The van der Waals surface area contributed by atoms with Gasteiger partial charge in [0.05, 0.1) is 11.3 Å². The van der Waals surface area contributed by atoms with Crippen LogP contribution in [-0.4, -0.2) is 15.9 Å². The largest absolute Gasteiger partial charge is 0.512 e. The molecule has 0 bridgehead atoms. The van der Waals surface area contributed by atoms with E-state index in [9.17, 15) is 9.90 Å². The van der Waals surface area contributed by atoms with E-state index in [0.29, 0.717) is 5.92 Å². The van der Waals surface area contributed by atoms with E-state index in [1.54, 1.807) is 0 Å². The Balaban J connectivity index is 0.000000259. The Labute approximate surface area is 288 Å². The van der Waals surface area contributed by atoms with Gasteiger partial charge in [0.15, 0.2) is 5.78 Å². The summed E-state index contributed by atoms with van der Waals surface area (Å²) in [6.45, 7) is 12.5. The Bertz CT molecular complexity index is 1810. The van der Waals surface area contributed by atoms with Crippen molar-refractivity contribution in [2.75, 3.05) is 0 Å². The van der Waals surface area contributed by atoms with Crippen LogP contribution in [0.15, 0.2) is 77.0 Å². The zero-order chi connectivity index (χ0) is 32.1. The molecule has 0 saturated heterocycles. The topological polar surface area (TPSA) is 63.3 Å². The number of para-hydroxylation sites is 1. The Morgan fingerprint density at radius 1 is 0.957 bits per heavy atom. The molecule has 2 heterocycles. The second-order valence-electron chi connectivity index (χ2n) is 12.9. The number of furan rings is 1. The number of aryl methyl sites for hydroxylation is 1. The van der Waals surface area contributed by atoms with Crippen molar-refractivity contribution < 1.29 is 34.4 Å². The van der Waals surface area contributed by atoms with E-state index in [1.165, 1.54) is 36.3 Å². The molecule has 2 unspecified atom stereocenters. The predicted molar refractivity (Wildman–Crippen MR) is 188 cm³/mol. The Morgan fingerprint density at radius 3 is 2.35 bits per heavy atom. The molecular weight excluding hydrogens is 747 g/mol. The molecular formula is C41H48IrNO3-. The van der Waals surface area contributed by atoms with Gasteiger partial charge in [0.2, 0.25) is 0 Å². The number of nitrogens with zero attached hydrogens (tertiary/aromatic N) is 1. The van der Waals surface area contributed by atoms with Crippen molar-refractivity contribution in [1.29, 1.82) is 0 Å². The molecule has 0 aliphatic heterocycles. The number of aliphatic hydroxyl groups excluding tert-OH is 1. The standard InChI is InChI=1S/C28H24NO.C13H24O2.Ir/c1-17-7-8-19(13-17)20-9-10-22-21(16-20)11-12-29-27(22)25-15-18(2)14-24-23-5-3-4-6-26(23)30-28(24)25;1-5-10(6-2)12(14)9-13(15)11(7-3)8-4;/h3-6,9-12,14,16-17,19H,7-8,13H2,1-2H3;9-11,14H,5-8H2,1-4H3;/q-1;;/b;12-9-;. The molecule has 4 nitrogen and oxygen atoms in total. The summed E-state index contributed by atoms with van der Waals surface area (Å²) in [4.78, 5) is 16.5. The minimum atomic E-state index is 0. The molecule has 46 heavy (non-hydrogen) atoms. The van der Waals surface area contributed by atoms with Crippen LogP contribution in [0, 0.1) is 30.7 Å². The summed E-state index contributed by atoms with van der Waals surface area (Å²) in [5.74, 6) is 2.07. The fourth-order valence-corrected chi connectivity index (χ4v) is 7.01. The van der Waals surface area contributed by atoms with Gasteiger partial charge in [-0.2, -0.15) is 0 Å². The van der Waals surface area contributed by atoms with Crippen LogP contribution >= 0.6 is 0 Å². The molecule has 245 valence electrons. The van der Waals surface area contributed by atoms with Gasteiger partial charge < -0.3 is 14.5 Å². The molecule has 3 aromatic carbocycles. The maximum Gasteiger partial charge on any atom is 0.162 e. The molecule has 1 N–H and O–H groups in total. The van der Waals surface area contributed by atoms with Gasteiger partial charge in [-0.05, 0) is 84.5 Å². The number of pyridine rings is 1. The maximum absolute atomic E-state index is 11.7. The first-order chi connectivity index (χ1) is 21.8. The van der Waals surface area contributed by atoms with Crippen LogP contribution in [0.5, 0.6) is 0 Å². The number of aromatic nitrogens is 1. The Morgan fingerprint density at radius 2 is 1.67 bits per heavy atom. The smallest absolute Gasteiger partial charge is 0.162 e. The molecule has 6 rings (SSSR count). The third-order valence-electron chi connectivity index (χ3n) is 9.82. The molecule has 1 aliphatic carbocycles. The zero-order valence-corrected chi connectivity index (χ0v) is 30.5. The third-order valence-corrected chi connectivity index (χ3v) is 9.82. The number of benzene rings is 3. The average Bonchev–Trinajstić information content (AvgIpc) is 3.65. The molecule has 5 heteroatoms. The van der Waals surface area contributed by atoms with Gasteiger partial charge in [-0.3, -0.25) is 4.79 Å². The SMILES string of the molecule is CCC(CC)C(=O)/C=C(\O)C(CC)CC.Cc1[c-]c(-c2nccc3cc(C4CCC(C)C4)ccc23)c2oc3ccccc3c2c1.[Ir]. The van der Waals surface area contributed by atoms with Crippen LogP contribution in [0.3, 0.4) is 0 Å². The van der Waals surface area contributed by atoms with Crippen LogP contribution in [0.1, 0.15) is 96.6 Å². The molecule has 1 saturated carbocycles. The monoisotopic (exact) mass is 795 g/mol. The quantitative estimate of drug-likeness (QED) is 0.0917. The van der Waals surface area contributed by atoms with Gasteiger partial charge in [-0.25, -0.2) is 0 Å². The first-order valence-corrected chi connectivity index (χ1v) is 16.9.